The van der Waals surface area contributed by atoms with Crippen molar-refractivity contribution in [2.75, 3.05) is 0 Å². The van der Waals surface area contributed by atoms with Gasteiger partial charge in [-0.2, -0.15) is 0 Å². The summed E-state index contributed by atoms with van der Waals surface area (Å²) in [6.07, 6.45) is 1.54. The number of hydrazone groups is 1. The first-order chi connectivity index (χ1) is 8.43. The molecule has 1 aromatic rings. The molecule has 2 amide bonds. The number of hydrogen-bond donors (Lipinski definition) is 1. The zero-order valence-electron chi connectivity index (χ0n) is 10.3. The van der Waals surface area contributed by atoms with Gasteiger partial charge in [0.25, 0.3) is 0 Å². The number of hydrogen-bond acceptors (Lipinski definition) is 5. The SMILES string of the molecule is CC(=O)NC1=NN(C(C)=O)[C@](C)(c2ccco2)S1. The highest BCUT2D eigenvalue weighted by molar-refractivity contribution is 8.14. The van der Waals surface area contributed by atoms with E-state index in [2.05, 4.69) is 10.4 Å². The number of thioether (sulfide) groups is 1. The predicted octanol–water partition coefficient (Wildman–Crippen LogP) is 1.45. The second-order valence-corrected chi connectivity index (χ2v) is 5.37. The van der Waals surface area contributed by atoms with Crippen LogP contribution in [-0.4, -0.2) is 22.0 Å². The van der Waals surface area contributed by atoms with Crippen molar-refractivity contribution in [2.45, 2.75) is 25.6 Å². The molecule has 1 aliphatic rings. The van der Waals surface area contributed by atoms with Gasteiger partial charge in [-0.25, -0.2) is 5.01 Å². The molecule has 0 fully saturated rings. The second-order valence-electron chi connectivity index (χ2n) is 3.98. The third kappa shape index (κ3) is 2.13. The number of furan rings is 1. The van der Waals surface area contributed by atoms with Crippen molar-refractivity contribution < 1.29 is 14.0 Å². The Balaban J connectivity index is 2.33. The molecule has 1 aromatic heterocycles. The summed E-state index contributed by atoms with van der Waals surface area (Å²) in [6.45, 7) is 4.63. The van der Waals surface area contributed by atoms with E-state index in [1.165, 1.54) is 36.9 Å². The van der Waals surface area contributed by atoms with E-state index in [0.717, 1.165) is 0 Å². The monoisotopic (exact) mass is 267 g/mol. The van der Waals surface area contributed by atoms with E-state index >= 15 is 0 Å². The molecule has 1 atom stereocenters. The molecule has 2 heterocycles. The highest BCUT2D eigenvalue weighted by Gasteiger charge is 2.46. The third-order valence-electron chi connectivity index (χ3n) is 2.45. The summed E-state index contributed by atoms with van der Waals surface area (Å²) in [5.74, 6) is 0.155. The van der Waals surface area contributed by atoms with E-state index in [-0.39, 0.29) is 11.8 Å². The average molecular weight is 267 g/mol. The Morgan fingerprint density at radius 2 is 2.22 bits per heavy atom. The minimum absolute atomic E-state index is 0.221. The number of carbonyl (C=O) groups is 2. The average Bonchev–Trinajstić information content (AvgIpc) is 2.85. The largest absolute Gasteiger partial charge is 0.466 e. The number of amidine groups is 1. The molecule has 0 radical (unpaired) electrons. The summed E-state index contributed by atoms with van der Waals surface area (Å²) in [4.78, 5) is 21.9. The minimum Gasteiger partial charge on any atom is -0.466 e. The summed E-state index contributed by atoms with van der Waals surface area (Å²) in [5.41, 5.74) is 0. The van der Waals surface area contributed by atoms with Crippen molar-refractivity contribution in [2.24, 2.45) is 5.10 Å². The molecule has 0 saturated heterocycles. The van der Waals surface area contributed by atoms with Crippen LogP contribution in [0.1, 0.15) is 26.5 Å². The lowest BCUT2D eigenvalue weighted by atomic mass is 10.2. The topological polar surface area (TPSA) is 74.9 Å². The molecule has 96 valence electrons. The molecule has 0 aromatic carbocycles. The van der Waals surface area contributed by atoms with Crippen LogP contribution in [0.5, 0.6) is 0 Å². The van der Waals surface area contributed by atoms with E-state index < -0.39 is 4.87 Å². The number of carbonyl (C=O) groups excluding carboxylic acids is 2. The van der Waals surface area contributed by atoms with Gasteiger partial charge in [0.1, 0.15) is 5.76 Å². The van der Waals surface area contributed by atoms with Crippen LogP contribution in [0.15, 0.2) is 27.9 Å². The van der Waals surface area contributed by atoms with Gasteiger partial charge in [0, 0.05) is 13.8 Å². The summed E-state index contributed by atoms with van der Waals surface area (Å²) >= 11 is 1.26. The fraction of sp³-hybridized carbons (Fsp3) is 0.364. The van der Waals surface area contributed by atoms with Crippen molar-refractivity contribution in [3.63, 3.8) is 0 Å². The molecule has 7 heteroatoms. The quantitative estimate of drug-likeness (QED) is 0.835. The number of rotatable bonds is 1. The van der Waals surface area contributed by atoms with Gasteiger partial charge >= 0.3 is 0 Å². The molecular formula is C11H13N3O3S. The fourth-order valence-electron chi connectivity index (χ4n) is 1.71. The van der Waals surface area contributed by atoms with Gasteiger partial charge in [-0.05, 0) is 30.8 Å². The van der Waals surface area contributed by atoms with Crippen LogP contribution in [0.2, 0.25) is 0 Å². The minimum atomic E-state index is -0.771. The van der Waals surface area contributed by atoms with Crippen LogP contribution in [0.25, 0.3) is 0 Å². The third-order valence-corrected chi connectivity index (χ3v) is 3.60. The molecule has 1 aliphatic heterocycles. The van der Waals surface area contributed by atoms with Crippen LogP contribution < -0.4 is 5.32 Å². The van der Waals surface area contributed by atoms with Crippen LogP contribution in [-0.2, 0) is 14.5 Å². The molecule has 0 saturated carbocycles. The van der Waals surface area contributed by atoms with E-state index in [1.807, 2.05) is 6.92 Å². The Labute approximate surface area is 108 Å². The Morgan fingerprint density at radius 1 is 1.50 bits per heavy atom. The molecule has 6 nitrogen and oxygen atoms in total. The summed E-state index contributed by atoms with van der Waals surface area (Å²) < 4.78 is 5.35. The maximum Gasteiger partial charge on any atom is 0.241 e. The maximum atomic E-state index is 11.6. The molecule has 1 N–H and O–H groups in total. The van der Waals surface area contributed by atoms with E-state index in [4.69, 9.17) is 4.42 Å². The van der Waals surface area contributed by atoms with Crippen LogP contribution in [0.3, 0.4) is 0 Å². The smallest absolute Gasteiger partial charge is 0.241 e. The Bertz CT molecular complexity index is 512. The van der Waals surface area contributed by atoms with Gasteiger partial charge in [-0.15, -0.1) is 5.10 Å². The first-order valence-electron chi connectivity index (χ1n) is 5.33. The van der Waals surface area contributed by atoms with Gasteiger partial charge in [0.05, 0.1) is 6.26 Å². The molecule has 2 rings (SSSR count). The number of nitrogens with zero attached hydrogens (tertiary/aromatic N) is 2. The van der Waals surface area contributed by atoms with Gasteiger partial charge in [-0.3, -0.25) is 9.59 Å². The Hall–Kier alpha value is -1.76. The highest BCUT2D eigenvalue weighted by Crippen LogP contribution is 2.44. The van der Waals surface area contributed by atoms with Crippen LogP contribution >= 0.6 is 11.8 Å². The molecule has 0 unspecified atom stereocenters. The van der Waals surface area contributed by atoms with Crippen molar-refractivity contribution in [1.82, 2.24) is 10.3 Å². The van der Waals surface area contributed by atoms with Gasteiger partial charge in [0.15, 0.2) is 10.0 Å². The van der Waals surface area contributed by atoms with Crippen LogP contribution in [0.4, 0.5) is 0 Å². The summed E-state index contributed by atoms with van der Waals surface area (Å²) in [7, 11) is 0. The van der Waals surface area contributed by atoms with Crippen molar-refractivity contribution in [1.29, 1.82) is 0 Å². The normalized spacial score (nSPS) is 22.8. The lowest BCUT2D eigenvalue weighted by Gasteiger charge is -2.28. The standard InChI is InChI=1S/C11H13N3O3S/c1-7(15)12-10-13-14(8(2)16)11(3,18-10)9-5-4-6-17-9/h4-6H,1-3H3,(H,12,13,15)/t11-/m0/s1. The first-order valence-corrected chi connectivity index (χ1v) is 6.15. The second kappa shape index (κ2) is 4.49. The molecule has 0 bridgehead atoms. The fourth-order valence-corrected chi connectivity index (χ4v) is 2.87. The molecule has 18 heavy (non-hydrogen) atoms. The summed E-state index contributed by atoms with van der Waals surface area (Å²) in [5, 5.41) is 8.38. The first kappa shape index (κ1) is 12.7. The zero-order valence-corrected chi connectivity index (χ0v) is 11.1. The zero-order chi connectivity index (χ0) is 13.3. The molecule has 0 aliphatic carbocycles. The van der Waals surface area contributed by atoms with Crippen molar-refractivity contribution >= 4 is 28.7 Å². The number of nitrogens with one attached hydrogen (secondary N) is 1. The lowest BCUT2D eigenvalue weighted by molar-refractivity contribution is -0.132. The maximum absolute atomic E-state index is 11.6. The van der Waals surface area contributed by atoms with Crippen LogP contribution in [0, 0.1) is 0 Å². The van der Waals surface area contributed by atoms with Gasteiger partial charge < -0.3 is 9.73 Å². The van der Waals surface area contributed by atoms with Gasteiger partial charge in [0.2, 0.25) is 11.8 Å². The highest BCUT2D eigenvalue weighted by atomic mass is 32.2. The lowest BCUT2D eigenvalue weighted by Crippen LogP contribution is -2.37. The molecule has 0 spiro atoms. The number of amides is 2. The van der Waals surface area contributed by atoms with Crippen molar-refractivity contribution in [3.05, 3.63) is 24.2 Å². The van der Waals surface area contributed by atoms with Gasteiger partial charge in [-0.1, -0.05) is 0 Å². The van der Waals surface area contributed by atoms with Crippen molar-refractivity contribution in [3.8, 4) is 0 Å². The predicted molar refractivity (Wildman–Crippen MR) is 67.4 cm³/mol. The Morgan fingerprint density at radius 3 is 2.72 bits per heavy atom. The molecular weight excluding hydrogens is 254 g/mol. The summed E-state index contributed by atoms with van der Waals surface area (Å²) in [6, 6.07) is 3.52. The Kier molecular flexibility index (Phi) is 3.16. The van der Waals surface area contributed by atoms with E-state index in [0.29, 0.717) is 10.9 Å². The van der Waals surface area contributed by atoms with E-state index in [1.54, 1.807) is 12.1 Å². The van der Waals surface area contributed by atoms with E-state index in [9.17, 15) is 9.59 Å².